The average Bonchev–Trinajstić information content (AvgIpc) is 2.83. The maximum atomic E-state index is 12.9. The van der Waals surface area contributed by atoms with E-state index in [0.717, 1.165) is 6.07 Å². The Morgan fingerprint density at radius 2 is 2.35 bits per heavy atom. The smallest absolute Gasteiger partial charge is 0.251 e. The van der Waals surface area contributed by atoms with E-state index in [2.05, 4.69) is 15.4 Å². The van der Waals surface area contributed by atoms with Gasteiger partial charge in [0, 0.05) is 36.6 Å². The van der Waals surface area contributed by atoms with Crippen LogP contribution in [0.1, 0.15) is 22.8 Å². The predicted molar refractivity (Wildman–Crippen MR) is 69.3 cm³/mol. The predicted octanol–water partition coefficient (Wildman–Crippen LogP) is 0.592. The second kappa shape index (κ2) is 5.38. The van der Waals surface area contributed by atoms with Crippen LogP contribution in [0.3, 0.4) is 0 Å². The van der Waals surface area contributed by atoms with Crippen molar-refractivity contribution in [3.8, 4) is 0 Å². The molecule has 1 amide bonds. The van der Waals surface area contributed by atoms with Gasteiger partial charge in [0.2, 0.25) is 5.95 Å². The standard InChI is InChI=1S/C13H15FN4O2/c1-13(20,10-6-17-18(2)7-10)8-16-12(19)9-3-4-15-11(14)5-9/h3-7,20H,8H2,1-2H3,(H,16,19). The van der Waals surface area contributed by atoms with Crippen LogP contribution in [-0.4, -0.2) is 32.3 Å². The highest BCUT2D eigenvalue weighted by Crippen LogP contribution is 2.18. The SMILES string of the molecule is Cn1cc(C(C)(O)CNC(=O)c2ccnc(F)c2)cn1. The van der Waals surface area contributed by atoms with E-state index in [1.54, 1.807) is 24.9 Å². The normalized spacial score (nSPS) is 13.8. The molecule has 2 heterocycles. The van der Waals surface area contributed by atoms with Crippen molar-refractivity contribution in [2.75, 3.05) is 6.54 Å². The fourth-order valence-electron chi connectivity index (χ4n) is 1.70. The molecule has 0 radical (unpaired) electrons. The third kappa shape index (κ3) is 3.18. The van der Waals surface area contributed by atoms with E-state index in [1.165, 1.54) is 18.5 Å². The lowest BCUT2D eigenvalue weighted by Gasteiger charge is -2.22. The zero-order valence-corrected chi connectivity index (χ0v) is 11.2. The number of rotatable bonds is 4. The number of pyridine rings is 1. The summed E-state index contributed by atoms with van der Waals surface area (Å²) >= 11 is 0. The highest BCUT2D eigenvalue weighted by Gasteiger charge is 2.25. The second-order valence-electron chi connectivity index (χ2n) is 4.73. The summed E-state index contributed by atoms with van der Waals surface area (Å²) in [6.07, 6.45) is 4.40. The van der Waals surface area contributed by atoms with E-state index < -0.39 is 17.5 Å². The fourth-order valence-corrected chi connectivity index (χ4v) is 1.70. The van der Waals surface area contributed by atoms with Crippen molar-refractivity contribution < 1.29 is 14.3 Å². The second-order valence-corrected chi connectivity index (χ2v) is 4.73. The van der Waals surface area contributed by atoms with Gasteiger partial charge < -0.3 is 10.4 Å². The minimum absolute atomic E-state index is 0.0124. The van der Waals surface area contributed by atoms with Gasteiger partial charge in [-0.25, -0.2) is 4.98 Å². The van der Waals surface area contributed by atoms with Crippen molar-refractivity contribution in [1.82, 2.24) is 20.1 Å². The molecule has 2 rings (SSSR count). The van der Waals surface area contributed by atoms with Crippen molar-refractivity contribution in [3.05, 3.63) is 47.8 Å². The maximum absolute atomic E-state index is 12.9. The van der Waals surface area contributed by atoms with Crippen LogP contribution in [-0.2, 0) is 12.6 Å². The highest BCUT2D eigenvalue weighted by atomic mass is 19.1. The minimum atomic E-state index is -1.25. The Hall–Kier alpha value is -2.28. The van der Waals surface area contributed by atoms with Gasteiger partial charge in [0.25, 0.3) is 5.91 Å². The van der Waals surface area contributed by atoms with E-state index in [4.69, 9.17) is 0 Å². The number of nitrogens with zero attached hydrogens (tertiary/aromatic N) is 3. The summed E-state index contributed by atoms with van der Waals surface area (Å²) in [4.78, 5) is 15.2. The molecule has 106 valence electrons. The van der Waals surface area contributed by atoms with Crippen LogP contribution in [0, 0.1) is 5.95 Å². The number of aromatic nitrogens is 3. The molecule has 7 heteroatoms. The number of aliphatic hydroxyl groups is 1. The van der Waals surface area contributed by atoms with Crippen molar-refractivity contribution >= 4 is 5.91 Å². The van der Waals surface area contributed by atoms with Gasteiger partial charge in [-0.1, -0.05) is 0 Å². The highest BCUT2D eigenvalue weighted by molar-refractivity contribution is 5.94. The molecule has 0 aromatic carbocycles. The zero-order chi connectivity index (χ0) is 14.8. The summed E-state index contributed by atoms with van der Waals surface area (Å²) in [7, 11) is 1.73. The summed E-state index contributed by atoms with van der Waals surface area (Å²) in [6.45, 7) is 1.55. The number of nitrogens with one attached hydrogen (secondary N) is 1. The lowest BCUT2D eigenvalue weighted by Crippen LogP contribution is -2.38. The number of hydrogen-bond acceptors (Lipinski definition) is 4. The van der Waals surface area contributed by atoms with Crippen LogP contribution >= 0.6 is 0 Å². The largest absolute Gasteiger partial charge is 0.383 e. The Labute approximate surface area is 115 Å². The van der Waals surface area contributed by atoms with Gasteiger partial charge in [0.15, 0.2) is 0 Å². The van der Waals surface area contributed by atoms with Crippen LogP contribution < -0.4 is 5.32 Å². The molecular formula is C13H15FN4O2. The van der Waals surface area contributed by atoms with E-state index >= 15 is 0 Å². The van der Waals surface area contributed by atoms with Crippen LogP contribution in [0.5, 0.6) is 0 Å². The Morgan fingerprint density at radius 3 is 2.95 bits per heavy atom. The molecule has 2 aromatic rings. The number of hydrogen-bond donors (Lipinski definition) is 2. The van der Waals surface area contributed by atoms with Crippen molar-refractivity contribution in [1.29, 1.82) is 0 Å². The molecule has 2 aromatic heterocycles. The summed E-state index contributed by atoms with van der Waals surface area (Å²) in [5, 5.41) is 16.8. The van der Waals surface area contributed by atoms with Gasteiger partial charge >= 0.3 is 0 Å². The van der Waals surface area contributed by atoms with Crippen LogP contribution in [0.25, 0.3) is 0 Å². The molecule has 0 spiro atoms. The molecule has 1 unspecified atom stereocenters. The number of carbonyl (C=O) groups is 1. The molecule has 0 saturated heterocycles. The van der Waals surface area contributed by atoms with Gasteiger partial charge in [0.05, 0.1) is 12.7 Å². The monoisotopic (exact) mass is 278 g/mol. The molecule has 6 nitrogen and oxygen atoms in total. The molecule has 0 bridgehead atoms. The Morgan fingerprint density at radius 1 is 1.60 bits per heavy atom. The first kappa shape index (κ1) is 14.1. The van der Waals surface area contributed by atoms with Crippen LogP contribution in [0.4, 0.5) is 4.39 Å². The molecule has 0 fully saturated rings. The number of amides is 1. The summed E-state index contributed by atoms with van der Waals surface area (Å²) in [5.41, 5.74) is -0.518. The van der Waals surface area contributed by atoms with Crippen LogP contribution in [0.15, 0.2) is 30.7 Å². The molecule has 2 N–H and O–H groups in total. The third-order valence-corrected chi connectivity index (χ3v) is 2.91. The zero-order valence-electron chi connectivity index (χ0n) is 11.2. The topological polar surface area (TPSA) is 80.0 Å². The van der Waals surface area contributed by atoms with Gasteiger partial charge in [-0.05, 0) is 13.0 Å². The first-order valence-electron chi connectivity index (χ1n) is 6.00. The van der Waals surface area contributed by atoms with Gasteiger partial charge in [0.1, 0.15) is 5.60 Å². The quantitative estimate of drug-likeness (QED) is 0.802. The fraction of sp³-hybridized carbons (Fsp3) is 0.308. The average molecular weight is 278 g/mol. The van der Waals surface area contributed by atoms with E-state index in [9.17, 15) is 14.3 Å². The summed E-state index contributed by atoms with van der Waals surface area (Å²) in [5.74, 6) is -1.20. The van der Waals surface area contributed by atoms with E-state index in [0.29, 0.717) is 5.56 Å². The molecule has 1 atom stereocenters. The molecule has 0 saturated carbocycles. The van der Waals surface area contributed by atoms with Gasteiger partial charge in [-0.3, -0.25) is 9.48 Å². The lowest BCUT2D eigenvalue weighted by molar-refractivity contribution is 0.0525. The molecule has 0 aliphatic heterocycles. The van der Waals surface area contributed by atoms with Gasteiger partial charge in [-0.15, -0.1) is 0 Å². The number of aryl methyl sites for hydroxylation is 1. The molecule has 0 aliphatic carbocycles. The first-order valence-corrected chi connectivity index (χ1v) is 6.00. The Kier molecular flexibility index (Phi) is 3.80. The number of carbonyl (C=O) groups excluding carboxylic acids is 1. The van der Waals surface area contributed by atoms with Crippen molar-refractivity contribution in [2.45, 2.75) is 12.5 Å². The molecule has 20 heavy (non-hydrogen) atoms. The van der Waals surface area contributed by atoms with Crippen LogP contribution in [0.2, 0.25) is 0 Å². The lowest BCUT2D eigenvalue weighted by atomic mass is 9.99. The minimum Gasteiger partial charge on any atom is -0.383 e. The Bertz CT molecular complexity index is 624. The summed E-state index contributed by atoms with van der Waals surface area (Å²) in [6, 6.07) is 2.44. The van der Waals surface area contributed by atoms with Crippen molar-refractivity contribution in [3.63, 3.8) is 0 Å². The third-order valence-electron chi connectivity index (χ3n) is 2.91. The van der Waals surface area contributed by atoms with E-state index in [-0.39, 0.29) is 12.1 Å². The Balaban J connectivity index is 2.03. The maximum Gasteiger partial charge on any atom is 0.251 e. The number of halogens is 1. The molecular weight excluding hydrogens is 263 g/mol. The first-order chi connectivity index (χ1) is 9.38. The molecule has 0 aliphatic rings. The summed E-state index contributed by atoms with van der Waals surface area (Å²) < 4.78 is 14.5. The van der Waals surface area contributed by atoms with Gasteiger partial charge in [-0.2, -0.15) is 9.49 Å². The van der Waals surface area contributed by atoms with Crippen molar-refractivity contribution in [2.24, 2.45) is 7.05 Å². The van der Waals surface area contributed by atoms with E-state index in [1.807, 2.05) is 0 Å².